The quantitative estimate of drug-likeness (QED) is 0.347. The summed E-state index contributed by atoms with van der Waals surface area (Å²) in [6.07, 6.45) is 1.49. The molecule has 2 aromatic rings. The molecule has 0 saturated carbocycles. The van der Waals surface area contributed by atoms with Crippen molar-refractivity contribution >= 4 is 33.5 Å². The standard InChI is InChI=1S/C14H13BrN2O3/c1-20-17-12-7-10(15)6-9(14(12)19)8-16-11-4-2-3-5-13(11)18/h2-8,17-19H,1H3/p+1. The van der Waals surface area contributed by atoms with Crippen molar-refractivity contribution in [2.24, 2.45) is 4.99 Å². The number of phenolic OH excluding ortho intramolecular Hbond substituents is 2. The van der Waals surface area contributed by atoms with E-state index in [9.17, 15) is 10.2 Å². The van der Waals surface area contributed by atoms with Gasteiger partial charge >= 0.3 is 0 Å². The largest absolute Gasteiger partial charge is 0.506 e. The maximum atomic E-state index is 10.1. The molecule has 0 amide bonds. The third kappa shape index (κ3) is 3.36. The summed E-state index contributed by atoms with van der Waals surface area (Å²) in [5.74, 6) is 0.149. The highest BCUT2D eigenvalue weighted by atomic mass is 79.9. The van der Waals surface area contributed by atoms with Crippen LogP contribution in [0.2, 0.25) is 0 Å². The molecule has 0 spiro atoms. The molecule has 0 aliphatic carbocycles. The summed E-state index contributed by atoms with van der Waals surface area (Å²) in [5, 5.41) is 19.7. The van der Waals surface area contributed by atoms with Crippen LogP contribution in [0.3, 0.4) is 0 Å². The second-order valence-corrected chi connectivity index (χ2v) is 4.95. The highest BCUT2D eigenvalue weighted by Gasteiger charge is 2.11. The number of para-hydroxylation sites is 2. The van der Waals surface area contributed by atoms with Gasteiger partial charge in [0.15, 0.2) is 5.75 Å². The molecule has 20 heavy (non-hydrogen) atoms. The van der Waals surface area contributed by atoms with E-state index in [1.807, 2.05) is 0 Å². The minimum Gasteiger partial charge on any atom is -0.506 e. The predicted molar refractivity (Wildman–Crippen MR) is 79.8 cm³/mol. The average Bonchev–Trinajstić information content (AvgIpc) is 2.42. The van der Waals surface area contributed by atoms with Gasteiger partial charge in [-0.15, -0.1) is 0 Å². The summed E-state index contributed by atoms with van der Waals surface area (Å²) in [6.45, 7) is 0. The van der Waals surface area contributed by atoms with Crippen LogP contribution in [-0.4, -0.2) is 23.5 Å². The molecule has 0 unspecified atom stereocenters. The van der Waals surface area contributed by atoms with Crippen LogP contribution in [0.1, 0.15) is 5.56 Å². The lowest BCUT2D eigenvalue weighted by Crippen LogP contribution is -2.76. The molecule has 2 aromatic carbocycles. The first-order chi connectivity index (χ1) is 9.61. The Kier molecular flexibility index (Phi) is 4.73. The SMILES string of the molecule is CO[NH2+]c1cc(Br)cc(C=Nc2ccccc2O)c1O. The number of aromatic hydroxyl groups is 2. The van der Waals surface area contributed by atoms with E-state index in [1.54, 1.807) is 36.4 Å². The first kappa shape index (κ1) is 14.5. The van der Waals surface area contributed by atoms with Gasteiger partial charge in [0.25, 0.3) is 0 Å². The summed E-state index contributed by atoms with van der Waals surface area (Å²) < 4.78 is 0.789. The zero-order valence-corrected chi connectivity index (χ0v) is 12.3. The Labute approximate surface area is 124 Å². The van der Waals surface area contributed by atoms with Crippen molar-refractivity contribution in [3.05, 3.63) is 46.4 Å². The molecule has 0 aromatic heterocycles. The fraction of sp³-hybridized carbons (Fsp3) is 0.0714. The van der Waals surface area contributed by atoms with Gasteiger partial charge in [0.1, 0.15) is 11.4 Å². The van der Waals surface area contributed by atoms with Gasteiger partial charge in [0.2, 0.25) is 5.69 Å². The number of rotatable bonds is 4. The van der Waals surface area contributed by atoms with Crippen LogP contribution in [0.15, 0.2) is 45.9 Å². The minimum absolute atomic E-state index is 0.0641. The number of nitrogens with zero attached hydrogens (tertiary/aromatic N) is 1. The van der Waals surface area contributed by atoms with Gasteiger partial charge in [-0.25, -0.2) is 4.84 Å². The Balaban J connectivity index is 2.36. The van der Waals surface area contributed by atoms with Crippen LogP contribution < -0.4 is 5.48 Å². The molecule has 4 N–H and O–H groups in total. The first-order valence-corrected chi connectivity index (χ1v) is 6.61. The molecule has 0 saturated heterocycles. The number of halogens is 1. The Morgan fingerprint density at radius 3 is 2.70 bits per heavy atom. The fourth-order valence-corrected chi connectivity index (χ4v) is 2.16. The van der Waals surface area contributed by atoms with E-state index in [0.29, 0.717) is 16.9 Å². The second kappa shape index (κ2) is 6.51. The molecule has 0 fully saturated rings. The van der Waals surface area contributed by atoms with Crippen molar-refractivity contribution in [2.45, 2.75) is 0 Å². The highest BCUT2D eigenvalue weighted by Crippen LogP contribution is 2.29. The molecule has 0 heterocycles. The highest BCUT2D eigenvalue weighted by molar-refractivity contribution is 9.10. The molecule has 0 aliphatic heterocycles. The number of nitrogens with two attached hydrogens (primary N) is 1. The summed E-state index contributed by atoms with van der Waals surface area (Å²) in [4.78, 5) is 9.08. The van der Waals surface area contributed by atoms with Crippen molar-refractivity contribution in [1.29, 1.82) is 0 Å². The number of hydrogen-bond donors (Lipinski definition) is 3. The van der Waals surface area contributed by atoms with Crippen molar-refractivity contribution < 1.29 is 20.5 Å². The molecule has 6 heteroatoms. The lowest BCUT2D eigenvalue weighted by Gasteiger charge is -2.04. The van der Waals surface area contributed by atoms with Crippen LogP contribution in [0.4, 0.5) is 11.4 Å². The molecule has 0 radical (unpaired) electrons. The summed E-state index contributed by atoms with van der Waals surface area (Å²) >= 11 is 3.36. The topological polar surface area (TPSA) is 78.7 Å². The van der Waals surface area contributed by atoms with Crippen molar-refractivity contribution in [3.8, 4) is 11.5 Å². The maximum Gasteiger partial charge on any atom is 0.205 e. The number of aliphatic imine (C=N–C) groups is 1. The van der Waals surface area contributed by atoms with Crippen molar-refractivity contribution in [1.82, 2.24) is 0 Å². The van der Waals surface area contributed by atoms with Gasteiger partial charge in [0.05, 0.1) is 7.11 Å². The number of quaternary nitrogens is 1. The Morgan fingerprint density at radius 2 is 2.00 bits per heavy atom. The van der Waals surface area contributed by atoms with Crippen LogP contribution in [0.25, 0.3) is 0 Å². The fourth-order valence-electron chi connectivity index (χ4n) is 1.67. The predicted octanol–water partition coefficient (Wildman–Crippen LogP) is 2.37. The van der Waals surface area contributed by atoms with Gasteiger partial charge < -0.3 is 10.2 Å². The average molecular weight is 338 g/mol. The van der Waals surface area contributed by atoms with E-state index >= 15 is 0 Å². The third-order valence-electron chi connectivity index (χ3n) is 2.60. The summed E-state index contributed by atoms with van der Waals surface area (Å²) in [6, 6.07) is 10.2. The van der Waals surface area contributed by atoms with Crippen molar-refractivity contribution in [2.75, 3.05) is 7.11 Å². The lowest BCUT2D eigenvalue weighted by molar-refractivity contribution is -0.830. The minimum atomic E-state index is 0.0641. The van der Waals surface area contributed by atoms with Crippen LogP contribution >= 0.6 is 15.9 Å². The number of benzene rings is 2. The molecule has 5 nitrogen and oxygen atoms in total. The van der Waals surface area contributed by atoms with E-state index in [0.717, 1.165) is 4.47 Å². The summed E-state index contributed by atoms with van der Waals surface area (Å²) in [7, 11) is 1.51. The van der Waals surface area contributed by atoms with Gasteiger partial charge in [-0.1, -0.05) is 28.1 Å². The monoisotopic (exact) mass is 337 g/mol. The smallest absolute Gasteiger partial charge is 0.205 e. The maximum absolute atomic E-state index is 10.1. The zero-order valence-electron chi connectivity index (χ0n) is 10.7. The second-order valence-electron chi connectivity index (χ2n) is 4.03. The molecular weight excluding hydrogens is 324 g/mol. The Morgan fingerprint density at radius 1 is 1.25 bits per heavy atom. The number of hydrogen-bond acceptors (Lipinski definition) is 4. The van der Waals surface area contributed by atoms with Gasteiger partial charge in [-0.2, -0.15) is 5.48 Å². The molecule has 0 aliphatic rings. The zero-order chi connectivity index (χ0) is 14.5. The van der Waals surface area contributed by atoms with E-state index < -0.39 is 0 Å². The third-order valence-corrected chi connectivity index (χ3v) is 3.06. The molecule has 2 rings (SSSR count). The van der Waals surface area contributed by atoms with Gasteiger partial charge in [0, 0.05) is 22.3 Å². The van der Waals surface area contributed by atoms with E-state index in [1.165, 1.54) is 18.8 Å². The van der Waals surface area contributed by atoms with Gasteiger partial charge in [-0.05, 0) is 18.2 Å². The van der Waals surface area contributed by atoms with Gasteiger partial charge in [-0.3, -0.25) is 4.99 Å². The molecule has 104 valence electrons. The van der Waals surface area contributed by atoms with E-state index in [4.69, 9.17) is 4.84 Å². The van der Waals surface area contributed by atoms with Crippen molar-refractivity contribution in [3.63, 3.8) is 0 Å². The molecule has 0 atom stereocenters. The number of phenols is 2. The van der Waals surface area contributed by atoms with E-state index in [-0.39, 0.29) is 11.5 Å². The van der Waals surface area contributed by atoms with Crippen LogP contribution in [0, 0.1) is 0 Å². The first-order valence-electron chi connectivity index (χ1n) is 5.82. The normalized spacial score (nSPS) is 11.1. The Hall–Kier alpha value is -1.89. The van der Waals surface area contributed by atoms with E-state index in [2.05, 4.69) is 20.9 Å². The molecule has 0 bridgehead atoms. The summed E-state index contributed by atoms with van der Waals surface area (Å²) in [5.41, 5.74) is 2.94. The van der Waals surface area contributed by atoms with Crippen LogP contribution in [0.5, 0.6) is 11.5 Å². The van der Waals surface area contributed by atoms with Crippen LogP contribution in [-0.2, 0) is 4.84 Å². The molecular formula is C14H14BrN2O3+. The lowest BCUT2D eigenvalue weighted by atomic mass is 10.2. The Bertz CT molecular complexity index is 644.